The van der Waals surface area contributed by atoms with Crippen LogP contribution in [0.15, 0.2) is 18.2 Å². The van der Waals surface area contributed by atoms with Crippen LogP contribution in [-0.4, -0.2) is 17.8 Å². The second-order valence-corrected chi connectivity index (χ2v) is 5.32. The number of aliphatic hydroxyl groups is 1. The van der Waals surface area contributed by atoms with Crippen LogP contribution >= 0.6 is 11.6 Å². The van der Waals surface area contributed by atoms with Gasteiger partial charge in [-0.15, -0.1) is 0 Å². The summed E-state index contributed by atoms with van der Waals surface area (Å²) in [5.74, 6) is 0. The van der Waals surface area contributed by atoms with E-state index in [1.807, 2.05) is 25.1 Å². The Balaban J connectivity index is 2.10. The Kier molecular flexibility index (Phi) is 4.43. The summed E-state index contributed by atoms with van der Waals surface area (Å²) in [5.41, 5.74) is 2.30. The smallest absolute Gasteiger partial charge is 0.0626 e. The number of aryl methyl sites for hydroxylation is 1. The first kappa shape index (κ1) is 12.9. The van der Waals surface area contributed by atoms with E-state index in [1.54, 1.807) is 0 Å². The van der Waals surface area contributed by atoms with E-state index in [9.17, 15) is 5.11 Å². The summed E-state index contributed by atoms with van der Waals surface area (Å²) < 4.78 is 0. The SMILES string of the molecule is Cc1cc(Cl)ccc1C(CO)NC1CCCC1. The quantitative estimate of drug-likeness (QED) is 0.864. The van der Waals surface area contributed by atoms with Crippen molar-refractivity contribution in [1.82, 2.24) is 5.32 Å². The molecule has 1 atom stereocenters. The second-order valence-electron chi connectivity index (χ2n) is 4.88. The third-order valence-electron chi connectivity index (χ3n) is 3.58. The van der Waals surface area contributed by atoms with E-state index in [0.717, 1.165) is 16.1 Å². The van der Waals surface area contributed by atoms with Crippen molar-refractivity contribution in [3.63, 3.8) is 0 Å². The molecule has 1 fully saturated rings. The number of aliphatic hydroxyl groups excluding tert-OH is 1. The van der Waals surface area contributed by atoms with E-state index in [1.165, 1.54) is 25.7 Å². The van der Waals surface area contributed by atoms with Gasteiger partial charge in [-0.05, 0) is 43.0 Å². The van der Waals surface area contributed by atoms with Gasteiger partial charge in [0.2, 0.25) is 0 Å². The molecule has 0 saturated heterocycles. The molecular weight excluding hydrogens is 234 g/mol. The number of benzene rings is 1. The van der Waals surface area contributed by atoms with Crippen molar-refractivity contribution < 1.29 is 5.11 Å². The van der Waals surface area contributed by atoms with Crippen LogP contribution < -0.4 is 5.32 Å². The summed E-state index contributed by atoms with van der Waals surface area (Å²) in [7, 11) is 0. The molecule has 1 aliphatic carbocycles. The van der Waals surface area contributed by atoms with E-state index in [-0.39, 0.29) is 12.6 Å². The van der Waals surface area contributed by atoms with Gasteiger partial charge in [-0.25, -0.2) is 0 Å². The Morgan fingerprint density at radius 3 is 2.71 bits per heavy atom. The molecule has 0 spiro atoms. The molecule has 2 N–H and O–H groups in total. The maximum absolute atomic E-state index is 9.54. The molecule has 0 aromatic heterocycles. The van der Waals surface area contributed by atoms with Crippen molar-refractivity contribution in [2.24, 2.45) is 0 Å². The van der Waals surface area contributed by atoms with Crippen LogP contribution in [0.25, 0.3) is 0 Å². The van der Waals surface area contributed by atoms with Crippen molar-refractivity contribution in [1.29, 1.82) is 0 Å². The number of nitrogens with one attached hydrogen (secondary N) is 1. The first-order valence-electron chi connectivity index (χ1n) is 6.33. The highest BCUT2D eigenvalue weighted by Gasteiger charge is 2.20. The fraction of sp³-hybridized carbons (Fsp3) is 0.571. The highest BCUT2D eigenvalue weighted by atomic mass is 35.5. The first-order chi connectivity index (χ1) is 8.20. The maximum Gasteiger partial charge on any atom is 0.0626 e. The normalized spacial score (nSPS) is 18.5. The zero-order valence-corrected chi connectivity index (χ0v) is 11.0. The minimum absolute atomic E-state index is 0.0374. The molecular formula is C14H20ClNO. The molecule has 0 radical (unpaired) electrons. The highest BCUT2D eigenvalue weighted by Crippen LogP contribution is 2.25. The second kappa shape index (κ2) is 5.85. The zero-order chi connectivity index (χ0) is 12.3. The van der Waals surface area contributed by atoms with E-state index in [0.29, 0.717) is 6.04 Å². The lowest BCUT2D eigenvalue weighted by atomic mass is 10.0. The summed E-state index contributed by atoms with van der Waals surface area (Å²) in [6, 6.07) is 6.46. The molecule has 3 heteroatoms. The summed E-state index contributed by atoms with van der Waals surface area (Å²) >= 11 is 5.95. The molecule has 17 heavy (non-hydrogen) atoms. The molecule has 1 aromatic rings. The van der Waals surface area contributed by atoms with Gasteiger partial charge in [0.05, 0.1) is 12.6 Å². The van der Waals surface area contributed by atoms with Gasteiger partial charge in [0.15, 0.2) is 0 Å². The van der Waals surface area contributed by atoms with Crippen LogP contribution in [0, 0.1) is 6.92 Å². The highest BCUT2D eigenvalue weighted by molar-refractivity contribution is 6.30. The molecule has 1 saturated carbocycles. The lowest BCUT2D eigenvalue weighted by Gasteiger charge is -2.23. The molecule has 0 aliphatic heterocycles. The molecule has 0 bridgehead atoms. The molecule has 1 aliphatic rings. The van der Waals surface area contributed by atoms with Crippen LogP contribution in [-0.2, 0) is 0 Å². The molecule has 2 rings (SSSR count). The lowest BCUT2D eigenvalue weighted by Crippen LogP contribution is -2.33. The van der Waals surface area contributed by atoms with Gasteiger partial charge in [0.1, 0.15) is 0 Å². The predicted octanol–water partition coefficient (Wildman–Crippen LogP) is 3.21. The fourth-order valence-electron chi connectivity index (χ4n) is 2.65. The fourth-order valence-corrected chi connectivity index (χ4v) is 2.87. The van der Waals surface area contributed by atoms with Gasteiger partial charge in [0, 0.05) is 11.1 Å². The molecule has 0 heterocycles. The van der Waals surface area contributed by atoms with Crippen LogP contribution in [0.5, 0.6) is 0 Å². The summed E-state index contributed by atoms with van der Waals surface area (Å²) in [5, 5.41) is 13.8. The van der Waals surface area contributed by atoms with E-state index >= 15 is 0 Å². The van der Waals surface area contributed by atoms with Crippen molar-refractivity contribution in [3.8, 4) is 0 Å². The third kappa shape index (κ3) is 3.21. The molecule has 1 unspecified atom stereocenters. The number of halogens is 1. The summed E-state index contributed by atoms with van der Waals surface area (Å²) in [4.78, 5) is 0. The van der Waals surface area contributed by atoms with Crippen molar-refractivity contribution in [2.75, 3.05) is 6.61 Å². The van der Waals surface area contributed by atoms with Crippen LogP contribution in [0.4, 0.5) is 0 Å². The third-order valence-corrected chi connectivity index (χ3v) is 3.82. The van der Waals surface area contributed by atoms with E-state index < -0.39 is 0 Å². The van der Waals surface area contributed by atoms with Gasteiger partial charge >= 0.3 is 0 Å². The maximum atomic E-state index is 9.54. The first-order valence-corrected chi connectivity index (χ1v) is 6.71. The standard InChI is InChI=1S/C14H20ClNO/c1-10-8-11(15)6-7-13(10)14(9-17)16-12-4-2-3-5-12/h6-8,12,14,16-17H,2-5,9H2,1H3. The van der Waals surface area contributed by atoms with Crippen molar-refractivity contribution >= 4 is 11.6 Å². The van der Waals surface area contributed by atoms with Crippen LogP contribution in [0.3, 0.4) is 0 Å². The van der Waals surface area contributed by atoms with E-state index in [4.69, 9.17) is 11.6 Å². The Hall–Kier alpha value is -0.570. The average molecular weight is 254 g/mol. The molecule has 1 aromatic carbocycles. The minimum atomic E-state index is 0.0374. The topological polar surface area (TPSA) is 32.3 Å². The van der Waals surface area contributed by atoms with Gasteiger partial charge in [-0.2, -0.15) is 0 Å². The Labute approximate surface area is 108 Å². The molecule has 2 nitrogen and oxygen atoms in total. The van der Waals surface area contributed by atoms with Gasteiger partial charge in [-0.1, -0.05) is 30.5 Å². The average Bonchev–Trinajstić information content (AvgIpc) is 2.79. The number of hydrogen-bond acceptors (Lipinski definition) is 2. The largest absolute Gasteiger partial charge is 0.394 e. The van der Waals surface area contributed by atoms with Crippen LogP contribution in [0.2, 0.25) is 5.02 Å². The van der Waals surface area contributed by atoms with Crippen LogP contribution in [0.1, 0.15) is 42.9 Å². The molecule has 94 valence electrons. The van der Waals surface area contributed by atoms with Gasteiger partial charge < -0.3 is 10.4 Å². The molecule has 0 amide bonds. The monoisotopic (exact) mass is 253 g/mol. The van der Waals surface area contributed by atoms with Gasteiger partial charge in [0.25, 0.3) is 0 Å². The number of rotatable bonds is 4. The van der Waals surface area contributed by atoms with Crippen molar-refractivity contribution in [2.45, 2.75) is 44.7 Å². The Morgan fingerprint density at radius 2 is 2.12 bits per heavy atom. The zero-order valence-electron chi connectivity index (χ0n) is 10.2. The van der Waals surface area contributed by atoms with E-state index in [2.05, 4.69) is 5.32 Å². The van der Waals surface area contributed by atoms with Gasteiger partial charge in [-0.3, -0.25) is 0 Å². The minimum Gasteiger partial charge on any atom is -0.394 e. The number of hydrogen-bond donors (Lipinski definition) is 2. The Bertz CT molecular complexity index is 374. The van der Waals surface area contributed by atoms with Crippen molar-refractivity contribution in [3.05, 3.63) is 34.3 Å². The summed E-state index contributed by atoms with van der Waals surface area (Å²) in [6.07, 6.45) is 5.05. The Morgan fingerprint density at radius 1 is 1.41 bits per heavy atom. The lowest BCUT2D eigenvalue weighted by molar-refractivity contribution is 0.232. The summed E-state index contributed by atoms with van der Waals surface area (Å²) in [6.45, 7) is 2.18. The predicted molar refractivity (Wildman–Crippen MR) is 71.4 cm³/mol.